The van der Waals surface area contributed by atoms with E-state index in [1.807, 2.05) is 17.9 Å². The minimum atomic E-state index is 0.626. The van der Waals surface area contributed by atoms with E-state index in [1.54, 1.807) is 0 Å². The molecule has 1 heterocycles. The summed E-state index contributed by atoms with van der Waals surface area (Å²) in [5, 5.41) is 0. The van der Waals surface area contributed by atoms with Crippen molar-refractivity contribution in [3.05, 3.63) is 17.9 Å². The van der Waals surface area contributed by atoms with E-state index in [9.17, 15) is 0 Å². The third kappa shape index (κ3) is 1.12. The van der Waals surface area contributed by atoms with Gasteiger partial charge in [-0.2, -0.15) is 0 Å². The molecule has 0 bridgehead atoms. The standard InChI is InChI=1S/C4H4ClOP/c5-6-4-2-1-3-7-4/h1-3,7H. The molecule has 0 fully saturated rings. The maximum Gasteiger partial charge on any atom is 0.161 e. The van der Waals surface area contributed by atoms with E-state index in [1.165, 1.54) is 0 Å². The van der Waals surface area contributed by atoms with Gasteiger partial charge in [0.05, 0.1) is 0 Å². The zero-order valence-corrected chi connectivity index (χ0v) is 5.27. The molecule has 0 saturated carbocycles. The minimum Gasteiger partial charge on any atom is -0.382 e. The van der Waals surface area contributed by atoms with Gasteiger partial charge in [0, 0.05) is 0 Å². The van der Waals surface area contributed by atoms with Crippen molar-refractivity contribution < 1.29 is 4.29 Å². The van der Waals surface area contributed by atoms with E-state index in [2.05, 4.69) is 4.29 Å². The molecule has 0 aromatic carbocycles. The molecule has 1 atom stereocenters. The monoisotopic (exact) mass is 134 g/mol. The highest BCUT2D eigenvalue weighted by Gasteiger charge is 1.84. The van der Waals surface area contributed by atoms with Crippen molar-refractivity contribution in [2.24, 2.45) is 0 Å². The first-order valence-corrected chi connectivity index (χ1v) is 3.24. The number of hydrogen-bond acceptors (Lipinski definition) is 1. The van der Waals surface area contributed by atoms with E-state index >= 15 is 0 Å². The van der Waals surface area contributed by atoms with E-state index < -0.39 is 0 Å². The third-order valence-corrected chi connectivity index (χ3v) is 1.86. The SMILES string of the molecule is ClOc1ccc[pH]1. The lowest BCUT2D eigenvalue weighted by molar-refractivity contribution is 0.638. The molecule has 1 unspecified atom stereocenters. The number of halogens is 1. The number of hydrogen-bond donors (Lipinski definition) is 0. The molecular formula is C4H4ClOP. The van der Waals surface area contributed by atoms with Crippen LogP contribution in [0.5, 0.6) is 5.48 Å². The topological polar surface area (TPSA) is 9.23 Å². The first-order chi connectivity index (χ1) is 3.43. The van der Waals surface area contributed by atoms with Gasteiger partial charge in [-0.3, -0.25) is 0 Å². The third-order valence-electron chi connectivity index (χ3n) is 0.653. The van der Waals surface area contributed by atoms with Gasteiger partial charge in [0.2, 0.25) is 0 Å². The van der Waals surface area contributed by atoms with E-state index in [-0.39, 0.29) is 0 Å². The fraction of sp³-hybridized carbons (Fsp3) is 0. The zero-order chi connectivity index (χ0) is 5.11. The Morgan fingerprint density at radius 2 is 2.57 bits per heavy atom. The van der Waals surface area contributed by atoms with Crippen molar-refractivity contribution in [2.45, 2.75) is 0 Å². The Morgan fingerprint density at radius 3 is 2.86 bits per heavy atom. The minimum absolute atomic E-state index is 0.626. The molecular weight excluding hydrogens is 130 g/mol. The molecule has 3 heteroatoms. The smallest absolute Gasteiger partial charge is 0.161 e. The molecule has 0 aliphatic carbocycles. The second-order valence-electron chi connectivity index (χ2n) is 1.11. The predicted molar refractivity (Wildman–Crippen MR) is 32.4 cm³/mol. The van der Waals surface area contributed by atoms with Gasteiger partial charge < -0.3 is 4.29 Å². The molecule has 1 aromatic rings. The Morgan fingerprint density at radius 1 is 1.71 bits per heavy atom. The highest BCUT2D eigenvalue weighted by Crippen LogP contribution is 2.24. The van der Waals surface area contributed by atoms with Crippen LogP contribution >= 0.6 is 20.1 Å². The van der Waals surface area contributed by atoms with Crippen LogP contribution in [-0.4, -0.2) is 0 Å². The van der Waals surface area contributed by atoms with Gasteiger partial charge in [0.25, 0.3) is 0 Å². The molecule has 38 valence electrons. The lowest BCUT2D eigenvalue weighted by Gasteiger charge is -1.81. The summed E-state index contributed by atoms with van der Waals surface area (Å²) in [5.74, 6) is 2.01. The molecule has 7 heavy (non-hydrogen) atoms. The van der Waals surface area contributed by atoms with Gasteiger partial charge in [0.15, 0.2) is 5.48 Å². The average Bonchev–Trinajstić information content (AvgIpc) is 2.14. The highest BCUT2D eigenvalue weighted by atomic mass is 35.5. The second-order valence-corrected chi connectivity index (χ2v) is 2.38. The van der Waals surface area contributed by atoms with Gasteiger partial charge in [-0.1, -0.05) is 14.3 Å². The lowest BCUT2D eigenvalue weighted by Crippen LogP contribution is -1.59. The van der Waals surface area contributed by atoms with Crippen LogP contribution in [0.25, 0.3) is 0 Å². The summed E-state index contributed by atoms with van der Waals surface area (Å²) < 4.78 is 4.39. The van der Waals surface area contributed by atoms with Crippen molar-refractivity contribution in [2.75, 3.05) is 0 Å². The summed E-state index contributed by atoms with van der Waals surface area (Å²) >= 11 is 5.01. The molecule has 0 amide bonds. The van der Waals surface area contributed by atoms with Gasteiger partial charge in [-0.15, -0.1) is 0 Å². The Balaban J connectivity index is 2.76. The van der Waals surface area contributed by atoms with Crippen LogP contribution in [0.4, 0.5) is 0 Å². The Kier molecular flexibility index (Phi) is 1.61. The van der Waals surface area contributed by atoms with Gasteiger partial charge in [-0.25, -0.2) is 0 Å². The summed E-state index contributed by atoms with van der Waals surface area (Å²) in [6, 6.07) is 3.78. The van der Waals surface area contributed by atoms with Gasteiger partial charge in [-0.05, 0) is 11.9 Å². The normalized spacial score (nSPS) is 9.86. The molecule has 0 aliphatic rings. The van der Waals surface area contributed by atoms with Crippen LogP contribution in [0.2, 0.25) is 0 Å². The van der Waals surface area contributed by atoms with Crippen molar-refractivity contribution in [1.82, 2.24) is 0 Å². The quantitative estimate of drug-likeness (QED) is 0.573. The summed E-state index contributed by atoms with van der Waals surface area (Å²) in [6.45, 7) is 0. The second kappa shape index (κ2) is 2.25. The summed E-state index contributed by atoms with van der Waals surface area (Å²) in [7, 11) is 0.626. The fourth-order valence-electron chi connectivity index (χ4n) is 0.362. The van der Waals surface area contributed by atoms with Crippen LogP contribution < -0.4 is 4.29 Å². The predicted octanol–water partition coefficient (Wildman–Crippen LogP) is 2.25. The molecule has 0 spiro atoms. The molecule has 1 aromatic heterocycles. The Hall–Kier alpha value is -0.130. The van der Waals surface area contributed by atoms with Crippen LogP contribution in [-0.2, 0) is 0 Å². The van der Waals surface area contributed by atoms with Crippen LogP contribution in [0.15, 0.2) is 17.9 Å². The zero-order valence-electron chi connectivity index (χ0n) is 3.52. The molecule has 0 N–H and O–H groups in total. The van der Waals surface area contributed by atoms with Gasteiger partial charge in [0.1, 0.15) is 11.9 Å². The van der Waals surface area contributed by atoms with Crippen LogP contribution in [0.3, 0.4) is 0 Å². The van der Waals surface area contributed by atoms with Crippen molar-refractivity contribution >= 4 is 20.1 Å². The van der Waals surface area contributed by atoms with Crippen LogP contribution in [0.1, 0.15) is 0 Å². The van der Waals surface area contributed by atoms with Crippen molar-refractivity contribution in [1.29, 1.82) is 0 Å². The summed E-state index contributed by atoms with van der Waals surface area (Å²) in [4.78, 5) is 0. The highest BCUT2D eigenvalue weighted by molar-refractivity contribution is 7.32. The maximum atomic E-state index is 5.01. The largest absolute Gasteiger partial charge is 0.382 e. The fourth-order valence-corrected chi connectivity index (χ4v) is 1.14. The molecule has 0 saturated heterocycles. The van der Waals surface area contributed by atoms with Crippen molar-refractivity contribution in [3.63, 3.8) is 0 Å². The first-order valence-electron chi connectivity index (χ1n) is 1.85. The summed E-state index contributed by atoms with van der Waals surface area (Å²) in [6.07, 6.45) is 0. The van der Waals surface area contributed by atoms with Crippen molar-refractivity contribution in [3.8, 4) is 5.48 Å². The maximum absolute atomic E-state index is 5.01. The molecule has 0 radical (unpaired) electrons. The molecule has 0 aliphatic heterocycles. The Labute approximate surface area is 48.5 Å². The number of rotatable bonds is 1. The average molecular weight is 135 g/mol. The van der Waals surface area contributed by atoms with Gasteiger partial charge >= 0.3 is 0 Å². The Bertz CT molecular complexity index is 126. The lowest BCUT2D eigenvalue weighted by atomic mass is 10.7. The van der Waals surface area contributed by atoms with E-state index in [0.29, 0.717) is 8.19 Å². The first kappa shape index (κ1) is 5.02. The molecule has 1 rings (SSSR count). The van der Waals surface area contributed by atoms with E-state index in [0.717, 1.165) is 5.48 Å². The summed E-state index contributed by atoms with van der Waals surface area (Å²) in [5.41, 5.74) is 0.849. The van der Waals surface area contributed by atoms with E-state index in [4.69, 9.17) is 11.9 Å². The molecule has 1 nitrogen and oxygen atoms in total. The van der Waals surface area contributed by atoms with Crippen LogP contribution in [0, 0.1) is 0 Å².